The van der Waals surface area contributed by atoms with Crippen molar-refractivity contribution in [1.82, 2.24) is 9.88 Å². The van der Waals surface area contributed by atoms with E-state index in [1.807, 2.05) is 9.80 Å². The molecular formula is C21H23FN4O. The Morgan fingerprint density at radius 2 is 2.04 bits per heavy atom. The van der Waals surface area contributed by atoms with Crippen LogP contribution < -0.4 is 4.90 Å². The molecule has 140 valence electrons. The highest BCUT2D eigenvalue weighted by Gasteiger charge is 2.32. The van der Waals surface area contributed by atoms with Crippen LogP contribution in [0.2, 0.25) is 0 Å². The molecule has 5 nitrogen and oxygen atoms in total. The Morgan fingerprint density at radius 3 is 2.70 bits per heavy atom. The van der Waals surface area contributed by atoms with Gasteiger partial charge >= 0.3 is 0 Å². The van der Waals surface area contributed by atoms with E-state index in [1.54, 1.807) is 30.5 Å². The van der Waals surface area contributed by atoms with Crippen LogP contribution >= 0.6 is 0 Å². The summed E-state index contributed by atoms with van der Waals surface area (Å²) in [6.45, 7) is 5.75. The number of anilines is 1. The van der Waals surface area contributed by atoms with Gasteiger partial charge in [-0.05, 0) is 35.7 Å². The van der Waals surface area contributed by atoms with Crippen LogP contribution in [0.4, 0.5) is 10.2 Å². The van der Waals surface area contributed by atoms with E-state index in [2.05, 4.69) is 24.9 Å². The molecule has 1 atom stereocenters. The Labute approximate surface area is 159 Å². The molecule has 1 fully saturated rings. The molecule has 1 amide bonds. The molecule has 0 spiro atoms. The van der Waals surface area contributed by atoms with Crippen molar-refractivity contribution in [2.45, 2.75) is 32.9 Å². The van der Waals surface area contributed by atoms with E-state index in [9.17, 15) is 14.4 Å². The van der Waals surface area contributed by atoms with Gasteiger partial charge < -0.3 is 9.80 Å². The van der Waals surface area contributed by atoms with Crippen LogP contribution in [0.15, 0.2) is 42.6 Å². The number of hydrogen-bond acceptors (Lipinski definition) is 4. The van der Waals surface area contributed by atoms with E-state index in [1.165, 1.54) is 12.1 Å². The van der Waals surface area contributed by atoms with Gasteiger partial charge in [-0.25, -0.2) is 9.37 Å². The first kappa shape index (κ1) is 18.8. The summed E-state index contributed by atoms with van der Waals surface area (Å²) < 4.78 is 13.2. The summed E-state index contributed by atoms with van der Waals surface area (Å²) in [6, 6.07) is 11.9. The summed E-state index contributed by atoms with van der Waals surface area (Å²) >= 11 is 0. The van der Waals surface area contributed by atoms with E-state index in [0.717, 1.165) is 5.56 Å². The Morgan fingerprint density at radius 1 is 1.30 bits per heavy atom. The van der Waals surface area contributed by atoms with Crippen LogP contribution in [0.3, 0.4) is 0 Å². The van der Waals surface area contributed by atoms with Crippen LogP contribution in [0.1, 0.15) is 31.4 Å². The third-order valence-electron chi connectivity index (χ3n) is 4.97. The fourth-order valence-corrected chi connectivity index (χ4v) is 3.47. The van der Waals surface area contributed by atoms with Crippen molar-refractivity contribution in [1.29, 1.82) is 5.26 Å². The lowest BCUT2D eigenvalue weighted by atomic mass is 10.0. The second-order valence-electron chi connectivity index (χ2n) is 7.14. The van der Waals surface area contributed by atoms with Crippen LogP contribution in [0.25, 0.3) is 0 Å². The van der Waals surface area contributed by atoms with Gasteiger partial charge in [0.05, 0.1) is 11.6 Å². The van der Waals surface area contributed by atoms with Gasteiger partial charge in [0.15, 0.2) is 0 Å². The molecule has 2 aromatic rings. The molecule has 1 saturated heterocycles. The van der Waals surface area contributed by atoms with Crippen LogP contribution in [0.5, 0.6) is 0 Å². The van der Waals surface area contributed by atoms with Gasteiger partial charge in [0, 0.05) is 32.3 Å². The molecule has 1 aromatic heterocycles. The third kappa shape index (κ3) is 4.25. The topological polar surface area (TPSA) is 60.2 Å². The molecule has 3 rings (SSSR count). The number of benzene rings is 1. The van der Waals surface area contributed by atoms with E-state index in [-0.39, 0.29) is 23.7 Å². The highest BCUT2D eigenvalue weighted by molar-refractivity contribution is 5.78. The average Bonchev–Trinajstić information content (AvgIpc) is 2.83. The number of nitriles is 1. The molecule has 0 bridgehead atoms. The van der Waals surface area contributed by atoms with Crippen molar-refractivity contribution >= 4 is 11.7 Å². The molecule has 1 aromatic carbocycles. The number of amides is 1. The number of hydrogen-bond donors (Lipinski definition) is 0. The number of carbonyl (C=O) groups is 1. The van der Waals surface area contributed by atoms with Gasteiger partial charge in [0.2, 0.25) is 5.91 Å². The summed E-state index contributed by atoms with van der Waals surface area (Å²) in [5, 5.41) is 9.39. The molecule has 0 unspecified atom stereocenters. The molecule has 6 heteroatoms. The number of pyridine rings is 1. The van der Waals surface area contributed by atoms with E-state index in [4.69, 9.17) is 0 Å². The minimum Gasteiger partial charge on any atom is -0.353 e. The molecule has 1 aliphatic heterocycles. The zero-order chi connectivity index (χ0) is 19.4. The highest BCUT2D eigenvalue weighted by atomic mass is 19.1. The van der Waals surface area contributed by atoms with Crippen LogP contribution in [0, 0.1) is 23.1 Å². The molecule has 0 aliphatic carbocycles. The second kappa shape index (κ2) is 8.17. The summed E-state index contributed by atoms with van der Waals surface area (Å²) in [4.78, 5) is 21.2. The lowest BCUT2D eigenvalue weighted by Crippen LogP contribution is -2.46. The number of carbonyl (C=O) groups excluding carboxylic acids is 1. The second-order valence-corrected chi connectivity index (χ2v) is 7.14. The van der Waals surface area contributed by atoms with E-state index < -0.39 is 0 Å². The lowest BCUT2D eigenvalue weighted by Gasteiger charge is -2.35. The maximum absolute atomic E-state index is 13.2. The van der Waals surface area contributed by atoms with Crippen molar-refractivity contribution in [3.8, 4) is 6.07 Å². The summed E-state index contributed by atoms with van der Waals surface area (Å²) in [7, 11) is 0. The Kier molecular flexibility index (Phi) is 5.70. The van der Waals surface area contributed by atoms with Gasteiger partial charge in [-0.3, -0.25) is 4.79 Å². The van der Waals surface area contributed by atoms with Crippen molar-refractivity contribution in [3.63, 3.8) is 0 Å². The number of aromatic nitrogens is 1. The highest BCUT2D eigenvalue weighted by Crippen LogP contribution is 2.25. The smallest absolute Gasteiger partial charge is 0.224 e. The average molecular weight is 366 g/mol. The largest absolute Gasteiger partial charge is 0.353 e. The lowest BCUT2D eigenvalue weighted by molar-refractivity contribution is -0.134. The number of halogens is 1. The maximum Gasteiger partial charge on any atom is 0.224 e. The first-order chi connectivity index (χ1) is 13.0. The number of rotatable bonds is 4. The molecule has 1 aliphatic rings. The van der Waals surface area contributed by atoms with Crippen molar-refractivity contribution in [3.05, 3.63) is 59.5 Å². The molecule has 0 saturated carbocycles. The normalized spacial score (nSPS) is 17.7. The van der Waals surface area contributed by atoms with Crippen molar-refractivity contribution in [2.75, 3.05) is 18.0 Å². The first-order valence-corrected chi connectivity index (χ1v) is 9.13. The summed E-state index contributed by atoms with van der Waals surface area (Å²) in [5.74, 6) is 0.632. The third-order valence-corrected chi connectivity index (χ3v) is 4.97. The van der Waals surface area contributed by atoms with E-state index in [0.29, 0.717) is 37.4 Å². The van der Waals surface area contributed by atoms with Gasteiger partial charge in [0.25, 0.3) is 0 Å². The first-order valence-electron chi connectivity index (χ1n) is 9.13. The minimum absolute atomic E-state index is 0.0291. The zero-order valence-corrected chi connectivity index (χ0v) is 15.6. The van der Waals surface area contributed by atoms with E-state index >= 15 is 0 Å². The van der Waals surface area contributed by atoms with Crippen LogP contribution in [-0.2, 0) is 11.3 Å². The Bertz CT molecular complexity index is 844. The molecule has 2 heterocycles. The summed E-state index contributed by atoms with van der Waals surface area (Å²) in [6.07, 6.45) is 2.02. The van der Waals surface area contributed by atoms with Gasteiger partial charge in [-0.2, -0.15) is 5.26 Å². The fourth-order valence-electron chi connectivity index (χ4n) is 3.47. The SMILES string of the molecule is CC(C)[C@@H]1CN(c2ncccc2C#N)CCC(=O)N1Cc1ccc(F)cc1. The maximum atomic E-state index is 13.2. The Balaban J connectivity index is 1.88. The number of nitrogens with zero attached hydrogens (tertiary/aromatic N) is 4. The molecule has 27 heavy (non-hydrogen) atoms. The molecular weight excluding hydrogens is 343 g/mol. The van der Waals surface area contributed by atoms with Gasteiger partial charge in [-0.1, -0.05) is 26.0 Å². The standard InChI is InChI=1S/C21H23FN4O/c1-15(2)19-14-25(21-17(12-23)4-3-10-24-21)11-9-20(27)26(19)13-16-5-7-18(22)8-6-16/h3-8,10,15,19H,9,11,13-14H2,1-2H3/t19-/m0/s1. The Hall–Kier alpha value is -2.94. The monoisotopic (exact) mass is 366 g/mol. The van der Waals surface area contributed by atoms with Gasteiger partial charge in [-0.15, -0.1) is 0 Å². The fraction of sp³-hybridized carbons (Fsp3) is 0.381. The molecule has 0 N–H and O–H groups in total. The molecule has 0 radical (unpaired) electrons. The van der Waals surface area contributed by atoms with Crippen molar-refractivity contribution < 1.29 is 9.18 Å². The summed E-state index contributed by atoms with van der Waals surface area (Å²) in [5.41, 5.74) is 1.42. The predicted octanol–water partition coefficient (Wildman–Crippen LogP) is 3.36. The quantitative estimate of drug-likeness (QED) is 0.833. The van der Waals surface area contributed by atoms with Crippen molar-refractivity contribution in [2.24, 2.45) is 5.92 Å². The van der Waals surface area contributed by atoms with Crippen LogP contribution in [-0.4, -0.2) is 34.9 Å². The zero-order valence-electron chi connectivity index (χ0n) is 15.6. The van der Waals surface area contributed by atoms with Gasteiger partial charge in [0.1, 0.15) is 17.7 Å². The predicted molar refractivity (Wildman–Crippen MR) is 101 cm³/mol. The minimum atomic E-state index is -0.285.